The molecule has 20 heavy (non-hydrogen) atoms. The molecule has 1 amide bonds. The van der Waals surface area contributed by atoms with E-state index in [4.69, 9.17) is 11.6 Å². The highest BCUT2D eigenvalue weighted by Gasteiger charge is 2.24. The number of aryl methyl sites for hydroxylation is 1. The zero-order valence-electron chi connectivity index (χ0n) is 11.0. The lowest BCUT2D eigenvalue weighted by Gasteiger charge is -2.17. The standard InChI is InChI=1S/C16H14ClNOS/c1-10-2-4-11(5-3-10)16-13-8-12(17)6-7-14(13)18-15(19)9-20-16/h2-8,16H,9H2,1H3,(H,18,19). The third kappa shape index (κ3) is 2.69. The summed E-state index contributed by atoms with van der Waals surface area (Å²) in [5, 5.41) is 3.76. The molecule has 1 N–H and O–H groups in total. The van der Waals surface area contributed by atoms with E-state index in [-0.39, 0.29) is 11.2 Å². The summed E-state index contributed by atoms with van der Waals surface area (Å²) in [4.78, 5) is 11.8. The third-order valence-corrected chi connectivity index (χ3v) is 4.85. The molecule has 1 aliphatic rings. The maximum Gasteiger partial charge on any atom is 0.234 e. The summed E-state index contributed by atoms with van der Waals surface area (Å²) in [6, 6.07) is 14.1. The maximum atomic E-state index is 11.8. The molecule has 0 aromatic heterocycles. The molecule has 2 aromatic rings. The van der Waals surface area contributed by atoms with Gasteiger partial charge in [0.05, 0.1) is 11.0 Å². The van der Waals surface area contributed by atoms with E-state index >= 15 is 0 Å². The first-order valence-corrected chi connectivity index (χ1v) is 7.83. The van der Waals surface area contributed by atoms with Gasteiger partial charge >= 0.3 is 0 Å². The second-order valence-electron chi connectivity index (χ2n) is 4.88. The summed E-state index contributed by atoms with van der Waals surface area (Å²) in [7, 11) is 0. The smallest absolute Gasteiger partial charge is 0.234 e. The van der Waals surface area contributed by atoms with Crippen LogP contribution in [0.1, 0.15) is 21.9 Å². The van der Waals surface area contributed by atoms with Gasteiger partial charge in [0.2, 0.25) is 5.91 Å². The maximum absolute atomic E-state index is 11.8. The van der Waals surface area contributed by atoms with Crippen LogP contribution in [0.3, 0.4) is 0 Å². The van der Waals surface area contributed by atoms with E-state index in [1.54, 1.807) is 11.8 Å². The van der Waals surface area contributed by atoms with Gasteiger partial charge in [-0.1, -0.05) is 41.4 Å². The van der Waals surface area contributed by atoms with Crippen LogP contribution in [0.25, 0.3) is 0 Å². The molecule has 1 heterocycles. The van der Waals surface area contributed by atoms with Crippen molar-refractivity contribution in [3.05, 3.63) is 64.2 Å². The number of fused-ring (bicyclic) bond motifs is 1. The van der Waals surface area contributed by atoms with E-state index < -0.39 is 0 Å². The Balaban J connectivity index is 2.09. The first-order valence-electron chi connectivity index (χ1n) is 6.41. The molecule has 102 valence electrons. The lowest BCUT2D eigenvalue weighted by atomic mass is 10.0. The highest BCUT2D eigenvalue weighted by atomic mass is 35.5. The quantitative estimate of drug-likeness (QED) is 0.845. The van der Waals surface area contributed by atoms with Gasteiger partial charge in [0.1, 0.15) is 0 Å². The van der Waals surface area contributed by atoms with Crippen LogP contribution in [0.5, 0.6) is 0 Å². The van der Waals surface area contributed by atoms with E-state index in [9.17, 15) is 4.79 Å². The fourth-order valence-electron chi connectivity index (χ4n) is 2.32. The number of anilines is 1. The normalized spacial score (nSPS) is 18.1. The SMILES string of the molecule is Cc1ccc(C2SCC(=O)Nc3ccc(Cl)cc32)cc1. The van der Waals surface area contributed by atoms with E-state index in [1.165, 1.54) is 11.1 Å². The molecule has 0 fully saturated rings. The zero-order chi connectivity index (χ0) is 14.1. The minimum Gasteiger partial charge on any atom is -0.325 e. The van der Waals surface area contributed by atoms with Gasteiger partial charge < -0.3 is 5.32 Å². The fraction of sp³-hybridized carbons (Fsp3) is 0.188. The van der Waals surface area contributed by atoms with Crippen molar-refractivity contribution >= 4 is 35.0 Å². The van der Waals surface area contributed by atoms with E-state index in [2.05, 4.69) is 36.5 Å². The molecule has 1 unspecified atom stereocenters. The monoisotopic (exact) mass is 303 g/mol. The van der Waals surface area contributed by atoms with Gasteiger partial charge in [0.15, 0.2) is 0 Å². The summed E-state index contributed by atoms with van der Waals surface area (Å²) in [5.74, 6) is 0.485. The van der Waals surface area contributed by atoms with Crippen LogP contribution in [0, 0.1) is 6.92 Å². The predicted molar refractivity (Wildman–Crippen MR) is 85.6 cm³/mol. The topological polar surface area (TPSA) is 29.1 Å². The number of hydrogen-bond donors (Lipinski definition) is 1. The Morgan fingerprint density at radius 1 is 1.20 bits per heavy atom. The molecular formula is C16H14ClNOS. The van der Waals surface area contributed by atoms with Crippen molar-refractivity contribution in [3.63, 3.8) is 0 Å². The Labute approximate surface area is 127 Å². The zero-order valence-corrected chi connectivity index (χ0v) is 12.6. The Bertz CT molecular complexity index is 654. The number of carbonyl (C=O) groups excluding carboxylic acids is 1. The summed E-state index contributed by atoms with van der Waals surface area (Å²) in [6.07, 6.45) is 0. The summed E-state index contributed by atoms with van der Waals surface area (Å²) >= 11 is 7.75. The van der Waals surface area contributed by atoms with Crippen molar-refractivity contribution in [1.82, 2.24) is 0 Å². The van der Waals surface area contributed by atoms with E-state index in [0.29, 0.717) is 10.8 Å². The molecular weight excluding hydrogens is 290 g/mol. The van der Waals surface area contributed by atoms with Crippen LogP contribution in [0.4, 0.5) is 5.69 Å². The van der Waals surface area contributed by atoms with Crippen molar-refractivity contribution in [2.24, 2.45) is 0 Å². The van der Waals surface area contributed by atoms with Crippen molar-refractivity contribution in [2.75, 3.05) is 11.1 Å². The number of amides is 1. The van der Waals surface area contributed by atoms with Crippen LogP contribution in [0.2, 0.25) is 5.02 Å². The first-order chi connectivity index (χ1) is 9.63. The molecule has 0 bridgehead atoms. The molecule has 4 heteroatoms. The minimum atomic E-state index is 0.0354. The van der Waals surface area contributed by atoms with Crippen LogP contribution >= 0.6 is 23.4 Å². The molecule has 1 atom stereocenters. The van der Waals surface area contributed by atoms with Crippen LogP contribution in [0.15, 0.2) is 42.5 Å². The highest BCUT2D eigenvalue weighted by Crippen LogP contribution is 2.42. The fourth-order valence-corrected chi connectivity index (χ4v) is 3.61. The van der Waals surface area contributed by atoms with Crippen molar-refractivity contribution in [2.45, 2.75) is 12.2 Å². The molecule has 0 spiro atoms. The lowest BCUT2D eigenvalue weighted by Crippen LogP contribution is -2.12. The van der Waals surface area contributed by atoms with Gasteiger partial charge in [-0.05, 0) is 36.2 Å². The second kappa shape index (κ2) is 5.51. The average molecular weight is 304 g/mol. The Kier molecular flexibility index (Phi) is 3.72. The first kappa shape index (κ1) is 13.5. The lowest BCUT2D eigenvalue weighted by molar-refractivity contribution is -0.113. The van der Waals surface area contributed by atoms with Crippen LogP contribution in [-0.4, -0.2) is 11.7 Å². The number of nitrogens with one attached hydrogen (secondary N) is 1. The van der Waals surface area contributed by atoms with Gasteiger partial charge in [-0.2, -0.15) is 0 Å². The van der Waals surface area contributed by atoms with Gasteiger partial charge in [-0.3, -0.25) is 4.79 Å². The summed E-state index contributed by atoms with van der Waals surface area (Å²) in [5.41, 5.74) is 4.35. The summed E-state index contributed by atoms with van der Waals surface area (Å²) in [6.45, 7) is 2.07. The number of carbonyl (C=O) groups is 1. The number of halogens is 1. The molecule has 2 nitrogen and oxygen atoms in total. The van der Waals surface area contributed by atoms with Crippen molar-refractivity contribution < 1.29 is 4.79 Å². The Morgan fingerprint density at radius 3 is 2.70 bits per heavy atom. The van der Waals surface area contributed by atoms with Gasteiger partial charge in [0, 0.05) is 10.7 Å². The van der Waals surface area contributed by atoms with Gasteiger partial charge in [-0.25, -0.2) is 0 Å². The molecule has 0 saturated carbocycles. The average Bonchev–Trinajstić information content (AvgIpc) is 2.58. The molecule has 2 aromatic carbocycles. The summed E-state index contributed by atoms with van der Waals surface area (Å²) < 4.78 is 0. The number of hydrogen-bond acceptors (Lipinski definition) is 2. The number of thioether (sulfide) groups is 1. The van der Waals surface area contributed by atoms with Gasteiger partial charge in [0.25, 0.3) is 0 Å². The van der Waals surface area contributed by atoms with Crippen molar-refractivity contribution in [3.8, 4) is 0 Å². The molecule has 3 rings (SSSR count). The highest BCUT2D eigenvalue weighted by molar-refractivity contribution is 8.00. The number of rotatable bonds is 1. The molecule has 0 radical (unpaired) electrons. The second-order valence-corrected chi connectivity index (χ2v) is 6.41. The minimum absolute atomic E-state index is 0.0354. The predicted octanol–water partition coefficient (Wildman–Crippen LogP) is 4.42. The van der Waals surface area contributed by atoms with Gasteiger partial charge in [-0.15, -0.1) is 11.8 Å². The molecule has 1 aliphatic heterocycles. The largest absolute Gasteiger partial charge is 0.325 e. The third-order valence-electron chi connectivity index (χ3n) is 3.33. The number of benzene rings is 2. The van der Waals surface area contributed by atoms with Crippen LogP contribution < -0.4 is 5.32 Å². The van der Waals surface area contributed by atoms with Crippen molar-refractivity contribution in [1.29, 1.82) is 0 Å². The Morgan fingerprint density at radius 2 is 1.95 bits per heavy atom. The molecule has 0 aliphatic carbocycles. The molecule has 0 saturated heterocycles. The van der Waals surface area contributed by atoms with Crippen LogP contribution in [-0.2, 0) is 4.79 Å². The Hall–Kier alpha value is -1.45. The van der Waals surface area contributed by atoms with E-state index in [1.807, 2.05) is 18.2 Å². The van der Waals surface area contributed by atoms with E-state index in [0.717, 1.165) is 11.3 Å².